The first-order valence-corrected chi connectivity index (χ1v) is 12.1. The van der Waals surface area contributed by atoms with Gasteiger partial charge in [-0.2, -0.15) is 9.40 Å². The van der Waals surface area contributed by atoms with Gasteiger partial charge in [0, 0.05) is 49.7 Å². The predicted molar refractivity (Wildman–Crippen MR) is 123 cm³/mol. The van der Waals surface area contributed by atoms with Crippen molar-refractivity contribution in [2.24, 2.45) is 11.7 Å². The normalized spacial score (nSPS) is 19.0. The van der Waals surface area contributed by atoms with Gasteiger partial charge in [-0.3, -0.25) is 14.6 Å². The Hall–Kier alpha value is -3.51. The van der Waals surface area contributed by atoms with Crippen molar-refractivity contribution in [2.75, 3.05) is 31.7 Å². The summed E-state index contributed by atoms with van der Waals surface area (Å²) in [4.78, 5) is 28.1. The highest BCUT2D eigenvalue weighted by Crippen LogP contribution is 2.31. The summed E-state index contributed by atoms with van der Waals surface area (Å²) in [5, 5.41) is 10.2. The fourth-order valence-corrected chi connectivity index (χ4v) is 4.88. The Bertz CT molecular complexity index is 1330. The lowest BCUT2D eigenvalue weighted by atomic mass is 10.1. The van der Waals surface area contributed by atoms with Crippen LogP contribution < -0.4 is 16.4 Å². The molecular formula is C21H25N7O4S. The van der Waals surface area contributed by atoms with Crippen LogP contribution in [0.2, 0.25) is 0 Å². The molecule has 0 radical (unpaired) electrons. The number of carbonyl (C=O) groups excluding carboxylic acids is 2. The zero-order chi connectivity index (χ0) is 23.9. The predicted octanol–water partition coefficient (Wildman–Crippen LogP) is 0.547. The maximum atomic E-state index is 12.1. The number of carbonyl (C=O) groups is 2. The Balaban J connectivity index is 1.73. The topological polar surface area (TPSA) is 152 Å². The molecule has 1 fully saturated rings. The molecule has 0 spiro atoms. The number of hydrogen-bond donors (Lipinski definition) is 3. The molecule has 12 heteroatoms. The first-order chi connectivity index (χ1) is 15.6. The maximum absolute atomic E-state index is 12.1. The number of nitrogens with zero attached hydrogens (tertiary/aromatic N) is 4. The number of fused-ring (bicyclic) bond motifs is 1. The van der Waals surface area contributed by atoms with E-state index in [4.69, 9.17) is 5.73 Å². The van der Waals surface area contributed by atoms with E-state index in [2.05, 4.69) is 20.7 Å². The van der Waals surface area contributed by atoms with Gasteiger partial charge in [0.05, 0.1) is 29.2 Å². The van der Waals surface area contributed by atoms with Crippen molar-refractivity contribution in [1.82, 2.24) is 24.2 Å². The van der Waals surface area contributed by atoms with Crippen LogP contribution in [0.5, 0.6) is 0 Å². The van der Waals surface area contributed by atoms with Crippen LogP contribution in [-0.2, 0) is 10.0 Å². The molecule has 0 unspecified atom stereocenters. The average molecular weight is 472 g/mol. The minimum Gasteiger partial charge on any atom is -0.378 e. The summed E-state index contributed by atoms with van der Waals surface area (Å²) >= 11 is 0. The molecule has 4 N–H and O–H groups in total. The molecule has 2 amide bonds. The van der Waals surface area contributed by atoms with E-state index in [0.29, 0.717) is 23.4 Å². The third kappa shape index (κ3) is 4.39. The standard InChI is InChI=1S/C21H25N7O4S/c1-12-9-27(33(3,31)32)11-17(12)26-19-15(20(22)29)8-25-28-10-14(6-18(19)28)13-4-5-16(24-7-13)21(30)23-2/h4-8,10,12,17,26H,9,11H2,1-3H3,(H2,22,29)(H,23,30)/t12-,17-/m1/s1. The molecule has 174 valence electrons. The Kier molecular flexibility index (Phi) is 5.80. The van der Waals surface area contributed by atoms with Crippen LogP contribution in [0.15, 0.2) is 36.8 Å². The van der Waals surface area contributed by atoms with Crippen molar-refractivity contribution in [3.63, 3.8) is 0 Å². The second-order valence-electron chi connectivity index (χ2n) is 8.18. The molecule has 0 aliphatic carbocycles. The first kappa shape index (κ1) is 22.7. The molecule has 1 aliphatic rings. The van der Waals surface area contributed by atoms with E-state index in [1.54, 1.807) is 29.0 Å². The lowest BCUT2D eigenvalue weighted by molar-refractivity contribution is 0.0956. The minimum atomic E-state index is -3.32. The van der Waals surface area contributed by atoms with Gasteiger partial charge < -0.3 is 16.4 Å². The van der Waals surface area contributed by atoms with Crippen LogP contribution in [0.25, 0.3) is 16.6 Å². The highest BCUT2D eigenvalue weighted by atomic mass is 32.2. The van der Waals surface area contributed by atoms with Gasteiger partial charge in [0.25, 0.3) is 11.8 Å². The van der Waals surface area contributed by atoms with Gasteiger partial charge in [-0.15, -0.1) is 0 Å². The van der Waals surface area contributed by atoms with Crippen molar-refractivity contribution in [2.45, 2.75) is 13.0 Å². The largest absolute Gasteiger partial charge is 0.378 e. The number of hydrogen-bond acceptors (Lipinski definition) is 7. The Morgan fingerprint density at radius 3 is 2.52 bits per heavy atom. The molecular weight excluding hydrogens is 446 g/mol. The molecule has 3 aromatic heterocycles. The molecule has 0 saturated carbocycles. The summed E-state index contributed by atoms with van der Waals surface area (Å²) in [6.45, 7) is 2.62. The first-order valence-electron chi connectivity index (χ1n) is 10.3. The molecule has 33 heavy (non-hydrogen) atoms. The molecule has 11 nitrogen and oxygen atoms in total. The number of pyridine rings is 1. The van der Waals surface area contributed by atoms with Crippen molar-refractivity contribution in [3.05, 3.63) is 48.0 Å². The Morgan fingerprint density at radius 1 is 1.18 bits per heavy atom. The molecule has 4 rings (SSSR count). The lowest BCUT2D eigenvalue weighted by Crippen LogP contribution is -2.32. The number of anilines is 1. The van der Waals surface area contributed by atoms with Crippen molar-refractivity contribution in [1.29, 1.82) is 0 Å². The van der Waals surface area contributed by atoms with E-state index in [1.165, 1.54) is 23.8 Å². The smallest absolute Gasteiger partial charge is 0.269 e. The third-order valence-electron chi connectivity index (χ3n) is 5.84. The summed E-state index contributed by atoms with van der Waals surface area (Å²) in [5.74, 6) is -0.904. The number of aromatic nitrogens is 3. The van der Waals surface area contributed by atoms with Gasteiger partial charge in [-0.25, -0.2) is 12.9 Å². The van der Waals surface area contributed by atoms with E-state index in [-0.39, 0.29) is 30.0 Å². The summed E-state index contributed by atoms with van der Waals surface area (Å²) in [7, 11) is -1.79. The zero-order valence-corrected chi connectivity index (χ0v) is 19.3. The zero-order valence-electron chi connectivity index (χ0n) is 18.4. The molecule has 2 atom stereocenters. The number of sulfonamides is 1. The van der Waals surface area contributed by atoms with Gasteiger partial charge in [-0.1, -0.05) is 13.0 Å². The second kappa shape index (κ2) is 8.45. The van der Waals surface area contributed by atoms with Crippen LogP contribution in [0.4, 0.5) is 5.69 Å². The number of rotatable bonds is 6. The highest BCUT2D eigenvalue weighted by Gasteiger charge is 2.35. The highest BCUT2D eigenvalue weighted by molar-refractivity contribution is 7.88. The molecule has 1 saturated heterocycles. The van der Waals surface area contributed by atoms with Gasteiger partial charge in [0.2, 0.25) is 10.0 Å². The van der Waals surface area contributed by atoms with E-state index >= 15 is 0 Å². The molecule has 1 aliphatic heterocycles. The Labute approximate surface area is 191 Å². The van der Waals surface area contributed by atoms with E-state index in [1.807, 2.05) is 13.0 Å². The van der Waals surface area contributed by atoms with Crippen LogP contribution >= 0.6 is 0 Å². The van der Waals surface area contributed by atoms with E-state index in [9.17, 15) is 18.0 Å². The fourth-order valence-electron chi connectivity index (χ4n) is 3.95. The lowest BCUT2D eigenvalue weighted by Gasteiger charge is -2.20. The van der Waals surface area contributed by atoms with Gasteiger partial charge in [0.15, 0.2) is 0 Å². The molecule has 4 heterocycles. The van der Waals surface area contributed by atoms with Crippen molar-refractivity contribution >= 4 is 33.0 Å². The maximum Gasteiger partial charge on any atom is 0.269 e. The SMILES string of the molecule is CNC(=O)c1ccc(-c2cc3c(N[C@@H]4CN(S(C)(=O)=O)C[C@H]4C)c(C(N)=O)cnn3c2)cn1. The van der Waals surface area contributed by atoms with Crippen LogP contribution in [0, 0.1) is 5.92 Å². The fraction of sp³-hybridized carbons (Fsp3) is 0.333. The van der Waals surface area contributed by atoms with Crippen LogP contribution in [0.3, 0.4) is 0 Å². The van der Waals surface area contributed by atoms with Gasteiger partial charge >= 0.3 is 0 Å². The van der Waals surface area contributed by atoms with Crippen molar-refractivity contribution < 1.29 is 18.0 Å². The Morgan fingerprint density at radius 2 is 1.94 bits per heavy atom. The number of primary amides is 1. The molecule has 0 aromatic carbocycles. The third-order valence-corrected chi connectivity index (χ3v) is 7.07. The summed E-state index contributed by atoms with van der Waals surface area (Å²) in [6.07, 6.45) is 5.94. The summed E-state index contributed by atoms with van der Waals surface area (Å²) < 4.78 is 27.0. The van der Waals surface area contributed by atoms with Gasteiger partial charge in [0.1, 0.15) is 5.69 Å². The molecule has 0 bridgehead atoms. The quantitative estimate of drug-likeness (QED) is 0.475. The number of nitrogens with two attached hydrogens (primary N) is 1. The minimum absolute atomic E-state index is 0.0181. The van der Waals surface area contributed by atoms with E-state index < -0.39 is 15.9 Å². The second-order valence-corrected chi connectivity index (χ2v) is 10.2. The van der Waals surface area contributed by atoms with Crippen molar-refractivity contribution in [3.8, 4) is 11.1 Å². The van der Waals surface area contributed by atoms with Gasteiger partial charge in [-0.05, 0) is 18.1 Å². The summed E-state index contributed by atoms with van der Waals surface area (Å²) in [6, 6.07) is 5.03. The van der Waals surface area contributed by atoms with E-state index in [0.717, 1.165) is 11.1 Å². The molecule has 3 aromatic rings. The summed E-state index contributed by atoms with van der Waals surface area (Å²) in [5.41, 5.74) is 8.76. The average Bonchev–Trinajstić information content (AvgIpc) is 3.37. The van der Waals surface area contributed by atoms with Crippen LogP contribution in [-0.4, -0.2) is 71.6 Å². The number of amides is 2. The number of nitrogens with one attached hydrogen (secondary N) is 2. The monoisotopic (exact) mass is 471 g/mol. The van der Waals surface area contributed by atoms with Crippen LogP contribution in [0.1, 0.15) is 27.8 Å².